The first-order chi connectivity index (χ1) is 8.08. The molecule has 0 amide bonds. The van der Waals surface area contributed by atoms with Crippen LogP contribution < -0.4 is 5.73 Å². The fraction of sp³-hybridized carbons (Fsp3) is 0.333. The molecule has 0 aliphatic heterocycles. The summed E-state index contributed by atoms with van der Waals surface area (Å²) in [5.41, 5.74) is 7.03. The van der Waals surface area contributed by atoms with Crippen LogP contribution in [0.25, 0.3) is 0 Å². The summed E-state index contributed by atoms with van der Waals surface area (Å²) in [4.78, 5) is 22.2. The van der Waals surface area contributed by atoms with Crippen LogP contribution in [0.2, 0.25) is 0 Å². The van der Waals surface area contributed by atoms with Gasteiger partial charge in [-0.2, -0.15) is 0 Å². The molecule has 0 heterocycles. The van der Waals surface area contributed by atoms with Gasteiger partial charge in [-0.15, -0.1) is 12.4 Å². The van der Waals surface area contributed by atoms with E-state index in [2.05, 4.69) is 9.47 Å². The smallest absolute Gasteiger partial charge is 0.337 e. The summed E-state index contributed by atoms with van der Waals surface area (Å²) < 4.78 is 9.10. The summed E-state index contributed by atoms with van der Waals surface area (Å²) in [6.45, 7) is 0. The highest BCUT2D eigenvalue weighted by atomic mass is 35.5. The maximum absolute atomic E-state index is 11.2. The minimum atomic E-state index is -0.436. The molecule has 0 fully saturated rings. The van der Waals surface area contributed by atoms with E-state index in [-0.39, 0.29) is 24.8 Å². The molecule has 1 aromatic rings. The van der Waals surface area contributed by atoms with Gasteiger partial charge in [0.15, 0.2) is 0 Å². The molecule has 1 aromatic carbocycles. The normalized spacial score (nSPS) is 11.1. The second-order valence-corrected chi connectivity index (χ2v) is 3.50. The van der Waals surface area contributed by atoms with Crippen LogP contribution in [-0.4, -0.2) is 26.2 Å². The molecule has 0 radical (unpaired) electrons. The Morgan fingerprint density at radius 2 is 1.72 bits per heavy atom. The Hall–Kier alpha value is -1.59. The zero-order valence-corrected chi connectivity index (χ0v) is 11.0. The molecular weight excluding hydrogens is 258 g/mol. The molecule has 0 saturated carbocycles. The van der Waals surface area contributed by atoms with Gasteiger partial charge in [-0.25, -0.2) is 4.79 Å². The molecular formula is C12H16ClNO4. The van der Waals surface area contributed by atoms with Crippen LogP contribution in [0.15, 0.2) is 24.3 Å². The fourth-order valence-corrected chi connectivity index (χ4v) is 1.36. The number of benzene rings is 1. The molecule has 18 heavy (non-hydrogen) atoms. The van der Waals surface area contributed by atoms with Crippen LogP contribution >= 0.6 is 12.4 Å². The molecule has 0 aliphatic rings. The summed E-state index contributed by atoms with van der Waals surface area (Å²) in [5, 5.41) is 0. The molecule has 0 spiro atoms. The largest absolute Gasteiger partial charge is 0.469 e. The molecule has 1 atom stereocenters. The topological polar surface area (TPSA) is 78.6 Å². The fourth-order valence-electron chi connectivity index (χ4n) is 1.36. The van der Waals surface area contributed by atoms with Crippen molar-refractivity contribution < 1.29 is 19.1 Å². The number of hydrogen-bond acceptors (Lipinski definition) is 5. The van der Waals surface area contributed by atoms with E-state index in [0.717, 1.165) is 5.56 Å². The Bertz CT molecular complexity index is 405. The summed E-state index contributed by atoms with van der Waals surface area (Å²) in [5.74, 6) is -0.771. The number of ether oxygens (including phenoxy) is 2. The van der Waals surface area contributed by atoms with Crippen LogP contribution in [0.5, 0.6) is 0 Å². The molecule has 0 saturated heterocycles. The second-order valence-electron chi connectivity index (χ2n) is 3.50. The summed E-state index contributed by atoms with van der Waals surface area (Å²) in [6, 6.07) is 6.17. The Kier molecular flexibility index (Phi) is 7.00. The van der Waals surface area contributed by atoms with Gasteiger partial charge < -0.3 is 15.2 Å². The van der Waals surface area contributed by atoms with Crippen LogP contribution in [0.3, 0.4) is 0 Å². The van der Waals surface area contributed by atoms with Gasteiger partial charge in [0, 0.05) is 6.04 Å². The Morgan fingerprint density at radius 1 is 1.17 bits per heavy atom. The number of carbonyl (C=O) groups excluding carboxylic acids is 2. The minimum Gasteiger partial charge on any atom is -0.469 e. The predicted molar refractivity (Wildman–Crippen MR) is 68.6 cm³/mol. The average molecular weight is 274 g/mol. The first-order valence-corrected chi connectivity index (χ1v) is 5.09. The number of esters is 2. The number of methoxy groups -OCH3 is 2. The van der Waals surface area contributed by atoms with E-state index in [0.29, 0.717) is 5.56 Å². The zero-order chi connectivity index (χ0) is 12.8. The molecule has 1 rings (SSSR count). The zero-order valence-electron chi connectivity index (χ0n) is 10.2. The summed E-state index contributed by atoms with van der Waals surface area (Å²) in [6.07, 6.45) is 0.105. The molecule has 6 heteroatoms. The predicted octanol–water partition coefficient (Wildman–Crippen LogP) is 1.46. The number of rotatable bonds is 4. The van der Waals surface area contributed by atoms with E-state index < -0.39 is 12.0 Å². The quantitative estimate of drug-likeness (QED) is 0.840. The van der Waals surface area contributed by atoms with Crippen LogP contribution in [-0.2, 0) is 14.3 Å². The van der Waals surface area contributed by atoms with Gasteiger partial charge in [-0.05, 0) is 17.7 Å². The van der Waals surface area contributed by atoms with Gasteiger partial charge in [0.2, 0.25) is 0 Å². The molecule has 0 aliphatic carbocycles. The highest BCUT2D eigenvalue weighted by Gasteiger charge is 2.12. The molecule has 0 unspecified atom stereocenters. The molecule has 0 aromatic heterocycles. The first-order valence-electron chi connectivity index (χ1n) is 5.09. The Morgan fingerprint density at radius 3 is 2.17 bits per heavy atom. The van der Waals surface area contributed by atoms with Gasteiger partial charge >= 0.3 is 11.9 Å². The van der Waals surface area contributed by atoms with Gasteiger partial charge in [0.1, 0.15) is 0 Å². The van der Waals surface area contributed by atoms with E-state index in [1.54, 1.807) is 24.3 Å². The van der Waals surface area contributed by atoms with Crippen molar-refractivity contribution >= 4 is 24.3 Å². The van der Waals surface area contributed by atoms with Crippen molar-refractivity contribution in [1.82, 2.24) is 0 Å². The number of hydrogen-bond donors (Lipinski definition) is 1. The van der Waals surface area contributed by atoms with Crippen molar-refractivity contribution in [3.8, 4) is 0 Å². The molecule has 0 bridgehead atoms. The molecule has 100 valence electrons. The van der Waals surface area contributed by atoms with Crippen molar-refractivity contribution in [2.24, 2.45) is 5.73 Å². The first kappa shape index (κ1) is 16.4. The Balaban J connectivity index is 0.00000289. The molecule has 2 N–H and O–H groups in total. The van der Waals surface area contributed by atoms with Gasteiger partial charge in [-0.3, -0.25) is 4.79 Å². The van der Waals surface area contributed by atoms with E-state index in [1.165, 1.54) is 14.2 Å². The van der Waals surface area contributed by atoms with Gasteiger partial charge in [-0.1, -0.05) is 12.1 Å². The Labute approximate surface area is 112 Å². The lowest BCUT2D eigenvalue weighted by Gasteiger charge is -2.10. The van der Waals surface area contributed by atoms with Gasteiger partial charge in [0.05, 0.1) is 26.2 Å². The monoisotopic (exact) mass is 273 g/mol. The van der Waals surface area contributed by atoms with E-state index in [1.807, 2.05) is 0 Å². The van der Waals surface area contributed by atoms with Crippen molar-refractivity contribution in [3.63, 3.8) is 0 Å². The van der Waals surface area contributed by atoms with E-state index >= 15 is 0 Å². The molecule has 5 nitrogen and oxygen atoms in total. The SMILES string of the molecule is COC(=O)C[C@H](N)c1ccc(C(=O)OC)cc1.Cl. The lowest BCUT2D eigenvalue weighted by atomic mass is 10.0. The van der Waals surface area contributed by atoms with E-state index in [4.69, 9.17) is 5.73 Å². The number of carbonyl (C=O) groups is 2. The lowest BCUT2D eigenvalue weighted by Crippen LogP contribution is -2.16. The van der Waals surface area contributed by atoms with E-state index in [9.17, 15) is 9.59 Å². The highest BCUT2D eigenvalue weighted by molar-refractivity contribution is 5.89. The minimum absolute atomic E-state index is 0. The van der Waals surface area contributed by atoms with Crippen molar-refractivity contribution in [1.29, 1.82) is 0 Å². The lowest BCUT2D eigenvalue weighted by molar-refractivity contribution is -0.141. The van der Waals surface area contributed by atoms with Crippen molar-refractivity contribution in [3.05, 3.63) is 35.4 Å². The van der Waals surface area contributed by atoms with Gasteiger partial charge in [0.25, 0.3) is 0 Å². The maximum atomic E-state index is 11.2. The highest BCUT2D eigenvalue weighted by Crippen LogP contribution is 2.15. The van der Waals surface area contributed by atoms with Crippen LogP contribution in [0.4, 0.5) is 0 Å². The average Bonchev–Trinajstić information content (AvgIpc) is 2.37. The second kappa shape index (κ2) is 7.68. The number of nitrogens with two attached hydrogens (primary N) is 1. The summed E-state index contributed by atoms with van der Waals surface area (Å²) in [7, 11) is 2.63. The number of halogens is 1. The van der Waals surface area contributed by atoms with Crippen LogP contribution in [0, 0.1) is 0 Å². The standard InChI is InChI=1S/C12H15NO4.ClH/c1-16-11(14)7-10(13)8-3-5-9(6-4-8)12(15)17-2;/h3-6,10H,7,13H2,1-2H3;1H/t10-;/m0./s1. The third kappa shape index (κ3) is 4.35. The van der Waals surface area contributed by atoms with Crippen molar-refractivity contribution in [2.75, 3.05) is 14.2 Å². The summed E-state index contributed by atoms with van der Waals surface area (Å²) >= 11 is 0. The third-order valence-corrected chi connectivity index (χ3v) is 2.37. The van der Waals surface area contributed by atoms with Crippen LogP contribution in [0.1, 0.15) is 28.4 Å². The van der Waals surface area contributed by atoms with Crippen molar-refractivity contribution in [2.45, 2.75) is 12.5 Å². The third-order valence-electron chi connectivity index (χ3n) is 2.37. The maximum Gasteiger partial charge on any atom is 0.337 e.